The topological polar surface area (TPSA) is 55.9 Å². The highest BCUT2D eigenvalue weighted by Crippen LogP contribution is 2.44. The van der Waals surface area contributed by atoms with Crippen LogP contribution in [0.3, 0.4) is 0 Å². The number of hydrogen-bond acceptors (Lipinski definition) is 5. The van der Waals surface area contributed by atoms with Gasteiger partial charge in [0.1, 0.15) is 11.4 Å². The molecule has 0 spiro atoms. The highest BCUT2D eigenvalue weighted by molar-refractivity contribution is 6.22. The standard InChI is InChI=1S/C24H28N4O2/c1-17-8-10-18(11-9-17)16-25-23(30)22-21(29)12-13-27-19-6-4-5-7-20(19)28(24(22)27)15-14-26(2)3/h4-11H,12-16H2,1-3H3,(H,25,30). The largest absolute Gasteiger partial charge is 0.348 e. The van der Waals surface area contributed by atoms with Gasteiger partial charge in [0.2, 0.25) is 0 Å². The third-order valence-electron chi connectivity index (χ3n) is 5.61. The predicted octanol–water partition coefficient (Wildman–Crippen LogP) is 2.68. The maximum absolute atomic E-state index is 13.2. The summed E-state index contributed by atoms with van der Waals surface area (Å²) < 4.78 is 0. The maximum atomic E-state index is 13.2. The number of para-hydroxylation sites is 2. The molecule has 2 aliphatic rings. The van der Waals surface area contributed by atoms with Crippen molar-refractivity contribution < 1.29 is 9.59 Å². The number of likely N-dealkylation sites (N-methyl/N-ethyl adjacent to an activating group) is 1. The Morgan fingerprint density at radius 2 is 1.77 bits per heavy atom. The highest BCUT2D eigenvalue weighted by Gasteiger charge is 2.40. The zero-order valence-electron chi connectivity index (χ0n) is 17.8. The molecule has 0 saturated carbocycles. The van der Waals surface area contributed by atoms with Gasteiger partial charge >= 0.3 is 0 Å². The monoisotopic (exact) mass is 404 g/mol. The van der Waals surface area contributed by atoms with Crippen LogP contribution >= 0.6 is 0 Å². The van der Waals surface area contributed by atoms with E-state index in [2.05, 4.69) is 32.1 Å². The number of carbonyl (C=O) groups excluding carboxylic acids is 2. The highest BCUT2D eigenvalue weighted by atomic mass is 16.2. The molecule has 0 aliphatic carbocycles. The van der Waals surface area contributed by atoms with E-state index in [4.69, 9.17) is 0 Å². The van der Waals surface area contributed by atoms with Crippen LogP contribution in [0.25, 0.3) is 0 Å². The number of Topliss-reactive ketones (excluding diaryl/α,β-unsaturated/α-hetero) is 1. The van der Waals surface area contributed by atoms with Crippen molar-refractivity contribution in [3.05, 3.63) is 71.1 Å². The summed E-state index contributed by atoms with van der Waals surface area (Å²) in [5.74, 6) is 0.323. The summed E-state index contributed by atoms with van der Waals surface area (Å²) in [5, 5.41) is 2.96. The lowest BCUT2D eigenvalue weighted by Gasteiger charge is -2.31. The molecule has 6 nitrogen and oxygen atoms in total. The smallest absolute Gasteiger partial charge is 0.258 e. The Labute approximate surface area is 177 Å². The van der Waals surface area contributed by atoms with Gasteiger partial charge in [-0.05, 0) is 38.7 Å². The van der Waals surface area contributed by atoms with Crippen molar-refractivity contribution in [2.45, 2.75) is 19.9 Å². The van der Waals surface area contributed by atoms with Crippen LogP contribution in [0.5, 0.6) is 0 Å². The van der Waals surface area contributed by atoms with Gasteiger partial charge in [-0.1, -0.05) is 42.0 Å². The van der Waals surface area contributed by atoms with Crippen molar-refractivity contribution in [1.82, 2.24) is 10.2 Å². The molecular weight excluding hydrogens is 376 g/mol. The van der Waals surface area contributed by atoms with Gasteiger partial charge in [-0.3, -0.25) is 9.59 Å². The number of aryl methyl sites for hydroxylation is 1. The second-order valence-corrected chi connectivity index (χ2v) is 8.14. The molecule has 0 aromatic heterocycles. The van der Waals surface area contributed by atoms with E-state index in [1.165, 1.54) is 5.56 Å². The molecule has 0 saturated heterocycles. The van der Waals surface area contributed by atoms with E-state index in [0.29, 0.717) is 26.1 Å². The zero-order valence-corrected chi connectivity index (χ0v) is 17.8. The fraction of sp³-hybridized carbons (Fsp3) is 0.333. The van der Waals surface area contributed by atoms with E-state index in [1.807, 2.05) is 57.4 Å². The summed E-state index contributed by atoms with van der Waals surface area (Å²) >= 11 is 0. The van der Waals surface area contributed by atoms with Gasteiger partial charge in [-0.25, -0.2) is 0 Å². The minimum Gasteiger partial charge on any atom is -0.348 e. The average Bonchev–Trinajstić information content (AvgIpc) is 3.05. The first-order valence-electron chi connectivity index (χ1n) is 10.4. The molecule has 156 valence electrons. The molecular formula is C24H28N4O2. The lowest BCUT2D eigenvalue weighted by Crippen LogP contribution is -2.43. The third kappa shape index (κ3) is 3.83. The van der Waals surface area contributed by atoms with Gasteiger partial charge in [0.15, 0.2) is 5.78 Å². The fourth-order valence-electron chi connectivity index (χ4n) is 3.99. The molecule has 2 heterocycles. The summed E-state index contributed by atoms with van der Waals surface area (Å²) in [4.78, 5) is 32.4. The Hall–Kier alpha value is -3.12. The van der Waals surface area contributed by atoms with Crippen molar-refractivity contribution in [2.24, 2.45) is 0 Å². The number of anilines is 2. The van der Waals surface area contributed by atoms with Gasteiger partial charge in [0.05, 0.1) is 11.4 Å². The molecule has 0 unspecified atom stereocenters. The normalized spacial score (nSPS) is 15.5. The molecule has 4 rings (SSSR count). The molecule has 0 radical (unpaired) electrons. The average molecular weight is 405 g/mol. The van der Waals surface area contributed by atoms with E-state index < -0.39 is 0 Å². The molecule has 0 atom stereocenters. The summed E-state index contributed by atoms with van der Waals surface area (Å²) in [6, 6.07) is 16.2. The van der Waals surface area contributed by atoms with Gasteiger partial charge in [0, 0.05) is 32.6 Å². The van der Waals surface area contributed by atoms with Gasteiger partial charge < -0.3 is 20.0 Å². The number of rotatable bonds is 6. The Balaban J connectivity index is 1.66. The fourth-order valence-corrected chi connectivity index (χ4v) is 3.99. The van der Waals surface area contributed by atoms with Crippen LogP contribution in [0.4, 0.5) is 11.4 Å². The molecule has 6 heteroatoms. The number of benzene rings is 2. The van der Waals surface area contributed by atoms with E-state index in [9.17, 15) is 9.59 Å². The first-order chi connectivity index (χ1) is 14.5. The van der Waals surface area contributed by atoms with Crippen LogP contribution in [-0.2, 0) is 16.1 Å². The molecule has 2 aromatic carbocycles. The van der Waals surface area contributed by atoms with Gasteiger partial charge in [-0.15, -0.1) is 0 Å². The molecule has 1 N–H and O–H groups in total. The Morgan fingerprint density at radius 3 is 2.47 bits per heavy atom. The van der Waals surface area contributed by atoms with E-state index >= 15 is 0 Å². The summed E-state index contributed by atoms with van der Waals surface area (Å²) in [7, 11) is 4.05. The Kier molecular flexibility index (Phi) is 5.59. The minimum absolute atomic E-state index is 0.0923. The molecule has 1 amide bonds. The number of ketones is 1. The summed E-state index contributed by atoms with van der Waals surface area (Å²) in [5.41, 5.74) is 4.56. The molecule has 2 aliphatic heterocycles. The molecule has 30 heavy (non-hydrogen) atoms. The van der Waals surface area contributed by atoms with Crippen LogP contribution in [-0.4, -0.2) is 50.3 Å². The number of nitrogens with one attached hydrogen (secondary N) is 1. The first-order valence-corrected chi connectivity index (χ1v) is 10.4. The molecule has 0 fully saturated rings. The summed E-state index contributed by atoms with van der Waals surface area (Å²) in [6.45, 7) is 4.55. The van der Waals surface area contributed by atoms with Gasteiger partial charge in [0.25, 0.3) is 5.91 Å². The van der Waals surface area contributed by atoms with Crippen LogP contribution in [0.15, 0.2) is 59.9 Å². The number of fused-ring (bicyclic) bond motifs is 3. The SMILES string of the molecule is Cc1ccc(CNC(=O)C2=C3N(CCC2=O)c2ccccc2N3CCN(C)C)cc1. The van der Waals surface area contributed by atoms with Crippen molar-refractivity contribution >= 4 is 23.1 Å². The van der Waals surface area contributed by atoms with Crippen LogP contribution in [0, 0.1) is 6.92 Å². The van der Waals surface area contributed by atoms with Crippen molar-refractivity contribution in [3.63, 3.8) is 0 Å². The molecule has 2 aromatic rings. The number of hydrogen-bond donors (Lipinski definition) is 1. The van der Waals surface area contributed by atoms with Crippen LogP contribution in [0.2, 0.25) is 0 Å². The summed E-state index contributed by atoms with van der Waals surface area (Å²) in [6.07, 6.45) is 0.340. The maximum Gasteiger partial charge on any atom is 0.258 e. The lowest BCUT2D eigenvalue weighted by atomic mass is 10.0. The number of amides is 1. The lowest BCUT2D eigenvalue weighted by molar-refractivity contribution is -0.123. The first kappa shape index (κ1) is 20.2. The van der Waals surface area contributed by atoms with Crippen molar-refractivity contribution in [1.29, 1.82) is 0 Å². The van der Waals surface area contributed by atoms with E-state index in [0.717, 1.165) is 29.3 Å². The third-order valence-corrected chi connectivity index (χ3v) is 5.61. The second-order valence-electron chi connectivity index (χ2n) is 8.14. The Morgan fingerprint density at radius 1 is 1.07 bits per heavy atom. The van der Waals surface area contributed by atoms with Gasteiger partial charge in [-0.2, -0.15) is 0 Å². The molecule has 0 bridgehead atoms. The predicted molar refractivity (Wildman–Crippen MR) is 119 cm³/mol. The number of carbonyl (C=O) groups is 2. The Bertz CT molecular complexity index is 995. The quantitative estimate of drug-likeness (QED) is 0.751. The van der Waals surface area contributed by atoms with Crippen molar-refractivity contribution in [3.8, 4) is 0 Å². The zero-order chi connectivity index (χ0) is 21.3. The second kappa shape index (κ2) is 8.32. The van der Waals surface area contributed by atoms with Crippen LogP contribution < -0.4 is 15.1 Å². The van der Waals surface area contributed by atoms with Crippen molar-refractivity contribution in [2.75, 3.05) is 43.5 Å². The van der Waals surface area contributed by atoms with E-state index in [1.54, 1.807) is 0 Å². The number of nitrogens with zero attached hydrogens (tertiary/aromatic N) is 3. The van der Waals surface area contributed by atoms with Crippen LogP contribution in [0.1, 0.15) is 17.5 Å². The van der Waals surface area contributed by atoms with E-state index in [-0.39, 0.29) is 17.3 Å². The minimum atomic E-state index is -0.303.